The van der Waals surface area contributed by atoms with Gasteiger partial charge in [-0.2, -0.15) is 0 Å². The van der Waals surface area contributed by atoms with Crippen LogP contribution in [0.5, 0.6) is 0 Å². The van der Waals surface area contributed by atoms with Crippen molar-refractivity contribution < 1.29 is 63.1 Å². The topological polar surface area (TPSA) is 236 Å². The molecule has 3 unspecified atom stereocenters. The number of ether oxygens (including phenoxy) is 1. The van der Waals surface area contributed by atoms with Crippen LogP contribution in [0.1, 0.15) is 70.6 Å². The van der Waals surface area contributed by atoms with Crippen molar-refractivity contribution in [3.63, 3.8) is 0 Å². The van der Waals surface area contributed by atoms with Gasteiger partial charge in [-0.3, -0.25) is 25.6 Å². The van der Waals surface area contributed by atoms with Gasteiger partial charge in [0.25, 0.3) is 0 Å². The van der Waals surface area contributed by atoms with E-state index in [1.54, 1.807) is 13.8 Å². The van der Waals surface area contributed by atoms with Crippen LogP contribution in [-0.2, 0) is 29.2 Å². The van der Waals surface area contributed by atoms with Gasteiger partial charge in [0.1, 0.15) is 18.5 Å². The number of halogens is 1. The molecule has 276 valence electrons. The quantitative estimate of drug-likeness (QED) is 0.0852. The molecule has 2 aromatic rings. The molecule has 19 heteroatoms. The first-order chi connectivity index (χ1) is 22.7. The van der Waals surface area contributed by atoms with Crippen molar-refractivity contribution in [1.82, 2.24) is 20.7 Å². The van der Waals surface area contributed by atoms with Gasteiger partial charge in [0.2, 0.25) is 16.0 Å². The predicted molar refractivity (Wildman–Crippen MR) is 171 cm³/mol. The highest BCUT2D eigenvalue weighted by molar-refractivity contribution is 7.92. The zero-order valence-corrected chi connectivity index (χ0v) is 29.0. The number of aliphatic hydroxyl groups is 2. The minimum atomic E-state index is -3.71. The first-order valence-electron chi connectivity index (χ1n) is 15.2. The number of esters is 1. The Morgan fingerprint density at radius 1 is 1.06 bits per heavy atom. The summed E-state index contributed by atoms with van der Waals surface area (Å²) in [5.41, 5.74) is 1.03. The van der Waals surface area contributed by atoms with Crippen molar-refractivity contribution in [3.05, 3.63) is 47.4 Å². The number of hydrogen-bond donors (Lipinski definition) is 6. The standard InChI is InChI=1S/C30H46FN5O12S/c1-19(2)27-25(28(20-7-9-21(31)10-8-20)33-29(32-27)34(5)49(6,44)45)12-11-22(37)15-23(38)16-26(39)46-14-13-30(3,4)17-24(48-36(42)43)18-47-35(40)41/h7-12,19,22-24,37-38,40-43H,13-18H2,1-6H3/b12-11+. The van der Waals surface area contributed by atoms with E-state index in [4.69, 9.17) is 30.4 Å². The van der Waals surface area contributed by atoms with Crippen LogP contribution in [-0.4, -0.2) is 111 Å². The van der Waals surface area contributed by atoms with E-state index in [9.17, 15) is 27.8 Å². The number of anilines is 1. The minimum absolute atomic E-state index is 0.0721. The number of carbonyl (C=O) groups is 1. The SMILES string of the molecule is CC(C)c1nc(N(C)S(C)(=O)=O)nc(-c2ccc(F)cc2)c1/C=C/C(O)CC(O)CC(=O)OCCC(C)(C)CC(CON(O)O)ON(O)O. The third kappa shape index (κ3) is 14.7. The number of aromatic nitrogens is 2. The summed E-state index contributed by atoms with van der Waals surface area (Å²) in [4.78, 5) is 30.5. The van der Waals surface area contributed by atoms with Gasteiger partial charge >= 0.3 is 5.97 Å². The van der Waals surface area contributed by atoms with E-state index in [2.05, 4.69) is 14.8 Å². The van der Waals surface area contributed by atoms with Crippen molar-refractivity contribution in [2.75, 3.05) is 30.8 Å². The van der Waals surface area contributed by atoms with Crippen molar-refractivity contribution in [3.8, 4) is 11.3 Å². The Labute approximate surface area is 284 Å². The molecule has 17 nitrogen and oxygen atoms in total. The van der Waals surface area contributed by atoms with Crippen molar-refractivity contribution in [2.45, 2.75) is 77.6 Å². The number of aliphatic hydroxyl groups excluding tert-OH is 2. The fourth-order valence-corrected chi connectivity index (χ4v) is 5.04. The zero-order valence-electron chi connectivity index (χ0n) is 28.2. The molecule has 0 saturated heterocycles. The van der Waals surface area contributed by atoms with Crippen LogP contribution in [0, 0.1) is 11.2 Å². The lowest BCUT2D eigenvalue weighted by atomic mass is 9.84. The molecular weight excluding hydrogens is 673 g/mol. The van der Waals surface area contributed by atoms with Crippen LogP contribution in [0.4, 0.5) is 10.3 Å². The Kier molecular flexibility index (Phi) is 16.0. The summed E-state index contributed by atoms with van der Waals surface area (Å²) in [7, 11) is -2.40. The third-order valence-electron chi connectivity index (χ3n) is 7.25. The number of carbonyl (C=O) groups excluding carboxylic acids is 1. The molecule has 0 aliphatic heterocycles. The van der Waals surface area contributed by atoms with E-state index in [-0.39, 0.29) is 37.7 Å². The van der Waals surface area contributed by atoms with Gasteiger partial charge in [0, 0.05) is 24.6 Å². The molecule has 0 bridgehead atoms. The summed E-state index contributed by atoms with van der Waals surface area (Å²) < 4.78 is 44.4. The molecule has 0 radical (unpaired) electrons. The maximum absolute atomic E-state index is 13.7. The normalized spacial score (nSPS) is 14.5. The Bertz CT molecular complexity index is 1490. The first kappa shape index (κ1) is 42.0. The maximum Gasteiger partial charge on any atom is 0.308 e. The van der Waals surface area contributed by atoms with E-state index < -0.39 is 69.3 Å². The molecule has 0 spiro atoms. The molecule has 1 heterocycles. The van der Waals surface area contributed by atoms with Gasteiger partial charge in [-0.25, -0.2) is 36.8 Å². The van der Waals surface area contributed by atoms with Crippen LogP contribution in [0.15, 0.2) is 30.3 Å². The molecule has 0 amide bonds. The highest BCUT2D eigenvalue weighted by Gasteiger charge is 2.28. The molecule has 0 aliphatic rings. The number of benzene rings is 1. The van der Waals surface area contributed by atoms with Crippen LogP contribution in [0.25, 0.3) is 17.3 Å². The summed E-state index contributed by atoms with van der Waals surface area (Å²) in [5.74, 6) is -1.54. The molecule has 49 heavy (non-hydrogen) atoms. The van der Waals surface area contributed by atoms with Crippen molar-refractivity contribution >= 4 is 28.0 Å². The zero-order chi connectivity index (χ0) is 37.1. The summed E-state index contributed by atoms with van der Waals surface area (Å²) in [6, 6.07) is 5.43. The largest absolute Gasteiger partial charge is 0.466 e. The fraction of sp³-hybridized carbons (Fsp3) is 0.567. The molecular formula is C30H46FN5O12S. The van der Waals surface area contributed by atoms with E-state index in [1.165, 1.54) is 43.5 Å². The highest BCUT2D eigenvalue weighted by Crippen LogP contribution is 2.32. The second-order valence-electron chi connectivity index (χ2n) is 12.5. The molecule has 0 saturated carbocycles. The van der Waals surface area contributed by atoms with Gasteiger partial charge in [-0.1, -0.05) is 39.8 Å². The number of hydrogen-bond acceptors (Lipinski definition) is 16. The Morgan fingerprint density at radius 2 is 1.69 bits per heavy atom. The Hall–Kier alpha value is -3.21. The summed E-state index contributed by atoms with van der Waals surface area (Å²) in [6.45, 7) is 6.67. The monoisotopic (exact) mass is 719 g/mol. The Morgan fingerprint density at radius 3 is 2.24 bits per heavy atom. The molecule has 1 aromatic heterocycles. The van der Waals surface area contributed by atoms with Crippen molar-refractivity contribution in [1.29, 1.82) is 0 Å². The number of rotatable bonds is 20. The van der Waals surface area contributed by atoms with E-state index >= 15 is 0 Å². The van der Waals surface area contributed by atoms with Crippen LogP contribution >= 0.6 is 0 Å². The molecule has 2 rings (SSSR count). The molecule has 3 atom stereocenters. The van der Waals surface area contributed by atoms with Crippen molar-refractivity contribution in [2.24, 2.45) is 5.41 Å². The van der Waals surface area contributed by atoms with Gasteiger partial charge in [0.05, 0.1) is 53.7 Å². The fourth-order valence-electron chi connectivity index (χ4n) is 4.66. The average molecular weight is 720 g/mol. The molecule has 0 fully saturated rings. The number of sulfonamides is 1. The summed E-state index contributed by atoms with van der Waals surface area (Å²) in [5, 5.41) is 55.4. The van der Waals surface area contributed by atoms with Crippen LogP contribution in [0.3, 0.4) is 0 Å². The van der Waals surface area contributed by atoms with Gasteiger partial charge < -0.3 is 14.9 Å². The summed E-state index contributed by atoms with van der Waals surface area (Å²) in [6.07, 6.45) is 0.105. The highest BCUT2D eigenvalue weighted by atomic mass is 32.2. The summed E-state index contributed by atoms with van der Waals surface area (Å²) >= 11 is 0. The maximum atomic E-state index is 13.7. The molecule has 6 N–H and O–H groups in total. The second kappa shape index (κ2) is 18.7. The van der Waals surface area contributed by atoms with Crippen LogP contribution in [0.2, 0.25) is 0 Å². The Balaban J connectivity index is 2.10. The van der Waals surface area contributed by atoms with Gasteiger partial charge in [0.15, 0.2) is 0 Å². The predicted octanol–water partition coefficient (Wildman–Crippen LogP) is 3.06. The van der Waals surface area contributed by atoms with E-state index in [0.29, 0.717) is 22.5 Å². The van der Waals surface area contributed by atoms with Gasteiger partial charge in [-0.05, 0) is 48.4 Å². The lowest BCUT2D eigenvalue weighted by molar-refractivity contribution is -0.528. The van der Waals surface area contributed by atoms with Gasteiger partial charge in [-0.15, -0.1) is 0 Å². The number of nitrogens with zero attached hydrogens (tertiary/aromatic N) is 5. The second-order valence-corrected chi connectivity index (χ2v) is 14.5. The smallest absolute Gasteiger partial charge is 0.308 e. The lowest BCUT2D eigenvalue weighted by Gasteiger charge is -2.29. The molecule has 0 aliphatic carbocycles. The third-order valence-corrected chi connectivity index (χ3v) is 8.41. The van der Waals surface area contributed by atoms with E-state index in [0.717, 1.165) is 10.6 Å². The minimum Gasteiger partial charge on any atom is -0.466 e. The first-order valence-corrected chi connectivity index (χ1v) is 17.0. The van der Waals surface area contributed by atoms with Crippen LogP contribution < -0.4 is 4.31 Å². The molecule has 1 aromatic carbocycles. The van der Waals surface area contributed by atoms with E-state index in [1.807, 2.05) is 13.8 Å². The lowest BCUT2D eigenvalue weighted by Crippen LogP contribution is -2.35. The average Bonchev–Trinajstić information content (AvgIpc) is 2.97.